The molecule has 0 unspecified atom stereocenters. The van der Waals surface area contributed by atoms with Gasteiger partial charge in [0.25, 0.3) is 0 Å². The first-order chi connectivity index (χ1) is 10.7. The van der Waals surface area contributed by atoms with Crippen molar-refractivity contribution in [1.29, 1.82) is 0 Å². The molecule has 0 aromatic carbocycles. The van der Waals surface area contributed by atoms with Gasteiger partial charge in [0.15, 0.2) is 15.4 Å². The molecule has 0 saturated carbocycles. The van der Waals surface area contributed by atoms with Crippen molar-refractivity contribution in [2.24, 2.45) is 11.5 Å². The first-order valence-corrected chi connectivity index (χ1v) is 9.24. The Morgan fingerprint density at radius 2 is 1.87 bits per heavy atom. The zero-order chi connectivity index (χ0) is 17.7. The van der Waals surface area contributed by atoms with E-state index in [1.165, 1.54) is 12.5 Å². The topological polar surface area (TPSA) is 149 Å². The molecule has 0 aliphatic rings. The fourth-order valence-electron chi connectivity index (χ4n) is 2.45. The lowest BCUT2D eigenvalue weighted by Crippen LogP contribution is -2.63. The number of sulfone groups is 1. The second kappa shape index (κ2) is 7.69. The number of carbonyl (C=O) groups is 2. The minimum atomic E-state index is -3.77. The summed E-state index contributed by atoms with van der Waals surface area (Å²) < 4.78 is 25.3. The van der Waals surface area contributed by atoms with Gasteiger partial charge in [0.05, 0.1) is 23.5 Å². The minimum absolute atomic E-state index is 0.0518. The van der Waals surface area contributed by atoms with Crippen LogP contribution in [0.4, 0.5) is 0 Å². The number of Topliss-reactive ketones (excluding diaryl/α,β-unsaturated/α-hetero) is 1. The predicted octanol–water partition coefficient (Wildman–Crippen LogP) is 0.159. The van der Waals surface area contributed by atoms with E-state index in [0.29, 0.717) is 25.7 Å². The number of hydrogen-bond acceptors (Lipinski definition) is 6. The number of imidazole rings is 1. The quantitative estimate of drug-likeness (QED) is 0.406. The summed E-state index contributed by atoms with van der Waals surface area (Å²) in [5, 5.41) is -0.644. The molecule has 1 heterocycles. The maximum Gasteiger partial charge on any atom is 0.246 e. The Morgan fingerprint density at radius 1 is 1.30 bits per heavy atom. The van der Waals surface area contributed by atoms with Crippen molar-refractivity contribution in [2.75, 3.05) is 5.75 Å². The van der Waals surface area contributed by atoms with Crippen LogP contribution in [0, 0.1) is 0 Å². The molecular formula is C14H24N4O4S. The number of hydrogen-bond donors (Lipinski definition) is 3. The van der Waals surface area contributed by atoms with Crippen LogP contribution in [0.25, 0.3) is 0 Å². The van der Waals surface area contributed by atoms with Crippen LogP contribution in [0.2, 0.25) is 0 Å². The molecule has 8 nitrogen and oxygen atoms in total. The lowest BCUT2D eigenvalue weighted by molar-refractivity contribution is -0.120. The van der Waals surface area contributed by atoms with Crippen LogP contribution in [0.3, 0.4) is 0 Å². The Kier molecular flexibility index (Phi) is 6.46. The Hall–Kier alpha value is -1.74. The van der Waals surface area contributed by atoms with Crippen LogP contribution in [0.1, 0.15) is 50.0 Å². The zero-order valence-electron chi connectivity index (χ0n) is 13.4. The number of carbonyl (C=O) groups excluding carboxylic acids is 2. The van der Waals surface area contributed by atoms with Crippen molar-refractivity contribution in [3.05, 3.63) is 18.2 Å². The number of ketones is 1. The normalized spacial score (nSPS) is 14.6. The number of amides is 1. The SMILES string of the molecule is CCCC(CCC)S(=O)(=O)C[C@](N)(C(N)=O)C(=O)c1cnc[nH]1. The smallest absolute Gasteiger partial charge is 0.246 e. The molecule has 0 spiro atoms. The third-order valence-electron chi connectivity index (χ3n) is 3.75. The largest absolute Gasteiger partial charge is 0.368 e. The van der Waals surface area contributed by atoms with Crippen molar-refractivity contribution in [3.8, 4) is 0 Å². The van der Waals surface area contributed by atoms with Gasteiger partial charge in [-0.15, -0.1) is 0 Å². The van der Waals surface area contributed by atoms with E-state index in [2.05, 4.69) is 9.97 Å². The van der Waals surface area contributed by atoms with Gasteiger partial charge in [0.2, 0.25) is 11.7 Å². The Balaban J connectivity index is 3.16. The van der Waals surface area contributed by atoms with Crippen LogP contribution in [-0.4, -0.2) is 46.6 Å². The number of primary amides is 1. The first-order valence-electron chi connectivity index (χ1n) is 7.52. The van der Waals surface area contributed by atoms with Crippen LogP contribution in [0.5, 0.6) is 0 Å². The maximum absolute atomic E-state index is 12.6. The number of nitrogens with two attached hydrogens (primary N) is 2. The van der Waals surface area contributed by atoms with Crippen LogP contribution >= 0.6 is 0 Å². The summed E-state index contributed by atoms with van der Waals surface area (Å²) in [6.07, 6.45) is 4.65. The molecule has 5 N–H and O–H groups in total. The monoisotopic (exact) mass is 344 g/mol. The Labute approximate surface area is 136 Å². The lowest BCUT2D eigenvalue weighted by Gasteiger charge is -2.26. The van der Waals surface area contributed by atoms with Crippen LogP contribution in [0.15, 0.2) is 12.5 Å². The summed E-state index contributed by atoms with van der Waals surface area (Å²) in [5.41, 5.74) is 8.72. The van der Waals surface area contributed by atoms with Gasteiger partial charge in [-0.3, -0.25) is 9.59 Å². The van der Waals surface area contributed by atoms with E-state index in [1.807, 2.05) is 13.8 Å². The number of nitrogens with one attached hydrogen (secondary N) is 1. The van der Waals surface area contributed by atoms with Crippen LogP contribution < -0.4 is 11.5 Å². The number of rotatable bonds is 10. The average molecular weight is 344 g/mol. The highest BCUT2D eigenvalue weighted by Gasteiger charge is 2.46. The fourth-order valence-corrected chi connectivity index (χ4v) is 4.78. The number of aromatic nitrogens is 2. The molecule has 0 bridgehead atoms. The fraction of sp³-hybridized carbons (Fsp3) is 0.643. The average Bonchev–Trinajstić information content (AvgIpc) is 2.99. The van der Waals surface area contributed by atoms with E-state index in [4.69, 9.17) is 11.5 Å². The summed E-state index contributed by atoms with van der Waals surface area (Å²) >= 11 is 0. The molecule has 9 heteroatoms. The van der Waals surface area contributed by atoms with E-state index in [-0.39, 0.29) is 5.69 Å². The molecular weight excluding hydrogens is 320 g/mol. The van der Waals surface area contributed by atoms with Gasteiger partial charge in [0, 0.05) is 0 Å². The molecule has 1 aromatic heterocycles. The van der Waals surface area contributed by atoms with Crippen molar-refractivity contribution < 1.29 is 18.0 Å². The molecule has 0 radical (unpaired) electrons. The van der Waals surface area contributed by atoms with Crippen LogP contribution in [-0.2, 0) is 14.6 Å². The third-order valence-corrected chi connectivity index (χ3v) is 6.09. The molecule has 1 amide bonds. The van der Waals surface area contributed by atoms with Gasteiger partial charge < -0.3 is 16.5 Å². The van der Waals surface area contributed by atoms with E-state index >= 15 is 0 Å². The molecule has 0 aliphatic carbocycles. The lowest BCUT2D eigenvalue weighted by atomic mass is 9.95. The second-order valence-electron chi connectivity index (χ2n) is 5.64. The van der Waals surface area contributed by atoms with E-state index in [9.17, 15) is 18.0 Å². The van der Waals surface area contributed by atoms with Crippen molar-refractivity contribution >= 4 is 21.5 Å². The van der Waals surface area contributed by atoms with Crippen molar-refractivity contribution in [2.45, 2.75) is 50.3 Å². The highest BCUT2D eigenvalue weighted by atomic mass is 32.2. The summed E-state index contributed by atoms with van der Waals surface area (Å²) in [5.74, 6) is -2.86. The second-order valence-corrected chi connectivity index (χ2v) is 7.92. The van der Waals surface area contributed by atoms with Crippen molar-refractivity contribution in [3.63, 3.8) is 0 Å². The Bertz CT molecular complexity index is 636. The molecule has 0 aliphatic heterocycles. The molecule has 1 atom stereocenters. The first kappa shape index (κ1) is 19.3. The van der Waals surface area contributed by atoms with E-state index in [0.717, 1.165) is 0 Å². The number of nitrogens with zero attached hydrogens (tertiary/aromatic N) is 1. The predicted molar refractivity (Wildman–Crippen MR) is 86.4 cm³/mol. The summed E-state index contributed by atoms with van der Waals surface area (Å²) in [4.78, 5) is 30.4. The number of aromatic amines is 1. The molecule has 130 valence electrons. The number of H-pyrrole nitrogens is 1. The minimum Gasteiger partial charge on any atom is -0.368 e. The highest BCUT2D eigenvalue weighted by molar-refractivity contribution is 7.92. The summed E-state index contributed by atoms with van der Waals surface area (Å²) in [6, 6.07) is 0. The van der Waals surface area contributed by atoms with Crippen molar-refractivity contribution in [1.82, 2.24) is 9.97 Å². The van der Waals surface area contributed by atoms with E-state index < -0.39 is 38.1 Å². The summed E-state index contributed by atoms with van der Waals surface area (Å²) in [7, 11) is -3.77. The molecule has 1 rings (SSSR count). The maximum atomic E-state index is 12.6. The van der Waals surface area contributed by atoms with Gasteiger partial charge in [-0.25, -0.2) is 13.4 Å². The van der Waals surface area contributed by atoms with Gasteiger partial charge in [0.1, 0.15) is 5.69 Å². The molecule has 1 aromatic rings. The van der Waals surface area contributed by atoms with E-state index in [1.54, 1.807) is 0 Å². The standard InChI is InChI=1S/C14H24N4O4S/c1-3-5-10(6-4-2)23(21,22)8-14(16,13(15)20)12(19)11-7-17-9-18-11/h7,9-10H,3-6,8,16H2,1-2H3,(H2,15,20)(H,17,18)/t14-/m1/s1. The zero-order valence-corrected chi connectivity index (χ0v) is 14.2. The van der Waals surface area contributed by atoms with Gasteiger partial charge in [-0.2, -0.15) is 0 Å². The van der Waals surface area contributed by atoms with Gasteiger partial charge >= 0.3 is 0 Å². The van der Waals surface area contributed by atoms with Gasteiger partial charge in [-0.05, 0) is 12.8 Å². The molecule has 0 fully saturated rings. The Morgan fingerprint density at radius 3 is 2.26 bits per heavy atom. The summed E-state index contributed by atoms with van der Waals surface area (Å²) in [6.45, 7) is 3.75. The molecule has 0 saturated heterocycles. The van der Waals surface area contributed by atoms with Gasteiger partial charge in [-0.1, -0.05) is 26.7 Å². The third kappa shape index (κ3) is 4.38. The highest BCUT2D eigenvalue weighted by Crippen LogP contribution is 2.21. The molecule has 23 heavy (non-hydrogen) atoms.